The number of aliphatic hydroxyl groups is 1. The fraction of sp³-hybridized carbons (Fsp3) is 0.278. The fourth-order valence-corrected chi connectivity index (χ4v) is 7.63. The number of rotatable bonds is 7. The lowest BCUT2D eigenvalue weighted by Gasteiger charge is -2.38. The van der Waals surface area contributed by atoms with Crippen LogP contribution in [0.4, 0.5) is 13.2 Å². The zero-order chi connectivity index (χ0) is 34.9. The molecule has 0 fully saturated rings. The topological polar surface area (TPSA) is 98.3 Å². The minimum Gasteiger partial charge on any atom is -0.490 e. The predicted molar refractivity (Wildman–Crippen MR) is 183 cm³/mol. The second kappa shape index (κ2) is 12.1. The summed E-state index contributed by atoms with van der Waals surface area (Å²) in [6.07, 6.45) is 0.317. The van der Waals surface area contributed by atoms with Crippen molar-refractivity contribution in [1.29, 1.82) is 0 Å². The van der Waals surface area contributed by atoms with Crippen LogP contribution in [0.3, 0.4) is 0 Å². The van der Waals surface area contributed by atoms with Crippen LogP contribution in [0.15, 0.2) is 54.4 Å². The molecule has 1 N–H and O–H groups in total. The minimum atomic E-state index is -0.998. The molecule has 0 saturated carbocycles. The summed E-state index contributed by atoms with van der Waals surface area (Å²) in [6, 6.07) is 8.52. The smallest absolute Gasteiger partial charge is 0.246 e. The zero-order valence-corrected chi connectivity index (χ0v) is 28.3. The van der Waals surface area contributed by atoms with E-state index in [0.717, 1.165) is 34.3 Å². The third-order valence-electron chi connectivity index (χ3n) is 9.04. The zero-order valence-electron chi connectivity index (χ0n) is 27.5. The molecule has 1 aliphatic rings. The highest BCUT2D eigenvalue weighted by Crippen LogP contribution is 2.48. The number of pyridine rings is 1. The van der Waals surface area contributed by atoms with Gasteiger partial charge in [0.25, 0.3) is 0 Å². The van der Waals surface area contributed by atoms with Gasteiger partial charge in [0.05, 0.1) is 51.4 Å². The summed E-state index contributed by atoms with van der Waals surface area (Å²) in [7, 11) is 1.92. The van der Waals surface area contributed by atoms with Gasteiger partial charge in [0.15, 0.2) is 0 Å². The van der Waals surface area contributed by atoms with E-state index in [2.05, 4.69) is 11.6 Å². The molecular formula is C36H33F3N6O3S. The van der Waals surface area contributed by atoms with E-state index < -0.39 is 29.6 Å². The van der Waals surface area contributed by atoms with E-state index >= 15 is 8.78 Å². The van der Waals surface area contributed by atoms with Gasteiger partial charge in [-0.25, -0.2) is 23.1 Å². The van der Waals surface area contributed by atoms with Crippen LogP contribution in [-0.4, -0.2) is 59.0 Å². The Kier molecular flexibility index (Phi) is 8.07. The number of hydrogen-bond acceptors (Lipinski definition) is 7. The van der Waals surface area contributed by atoms with Gasteiger partial charge in [0, 0.05) is 47.1 Å². The number of halogens is 3. The average molecular weight is 687 g/mol. The van der Waals surface area contributed by atoms with Gasteiger partial charge in [-0.1, -0.05) is 12.6 Å². The first-order valence-electron chi connectivity index (χ1n) is 15.7. The molecule has 0 saturated heterocycles. The van der Waals surface area contributed by atoms with E-state index in [1.165, 1.54) is 18.4 Å². The first kappa shape index (κ1) is 32.5. The summed E-state index contributed by atoms with van der Waals surface area (Å²) < 4.78 is 56.9. The predicted octanol–water partition coefficient (Wildman–Crippen LogP) is 7.34. The fourth-order valence-electron chi connectivity index (χ4n) is 6.70. The molecule has 49 heavy (non-hydrogen) atoms. The second-order valence-electron chi connectivity index (χ2n) is 12.4. The Morgan fingerprint density at radius 2 is 1.90 bits per heavy atom. The number of nitrogens with zero attached hydrogens (tertiary/aromatic N) is 6. The van der Waals surface area contributed by atoms with Crippen molar-refractivity contribution in [1.82, 2.24) is 29.2 Å². The molecule has 4 aromatic heterocycles. The van der Waals surface area contributed by atoms with Crippen molar-refractivity contribution in [3.63, 3.8) is 0 Å². The van der Waals surface area contributed by atoms with Crippen LogP contribution in [0.1, 0.15) is 38.3 Å². The Bertz CT molecular complexity index is 2310. The Morgan fingerprint density at radius 3 is 2.63 bits per heavy atom. The van der Waals surface area contributed by atoms with Crippen LogP contribution in [0.2, 0.25) is 0 Å². The number of thiophene rings is 1. The van der Waals surface area contributed by atoms with Crippen molar-refractivity contribution in [2.45, 2.75) is 52.4 Å². The van der Waals surface area contributed by atoms with Gasteiger partial charge < -0.3 is 19.3 Å². The molecule has 252 valence electrons. The van der Waals surface area contributed by atoms with Gasteiger partial charge in [-0.15, -0.1) is 11.3 Å². The number of aliphatic hydroxyl groups excluding tert-OH is 1. The molecule has 0 radical (unpaired) electrons. The lowest BCUT2D eigenvalue weighted by molar-refractivity contribution is -0.131. The number of carbonyl (C=O) groups is 1. The highest BCUT2D eigenvalue weighted by Gasteiger charge is 2.35. The molecule has 6 aromatic rings. The van der Waals surface area contributed by atoms with Crippen molar-refractivity contribution >= 4 is 38.4 Å². The number of benzene rings is 2. The van der Waals surface area contributed by atoms with Gasteiger partial charge in [0.1, 0.15) is 47.0 Å². The standard InChI is InChI=1S/C36H33F3N6O3S/c1-7-30(47)45-17(2)14-44-28(19(45)4)13-26(42-44)35-33(31-23(38)11-22(37)12-29(31)48-15-18(3)46)32-24(39)16-49-36(32)34(41-35)21-8-9-27-25(10-21)40-20(5)43(27)6/h7-13,16-19,46H,1,14-15H2,2-6H3/t17-,18-,19+/m1/s1. The van der Waals surface area contributed by atoms with Crippen molar-refractivity contribution in [2.75, 3.05) is 6.61 Å². The largest absolute Gasteiger partial charge is 0.490 e. The summed E-state index contributed by atoms with van der Waals surface area (Å²) in [5.74, 6) is -2.17. The Hall–Kier alpha value is -5.01. The number of carbonyl (C=O) groups excluding carboxylic acids is 1. The van der Waals surface area contributed by atoms with Gasteiger partial charge in [0.2, 0.25) is 5.91 Å². The van der Waals surface area contributed by atoms with E-state index in [0.29, 0.717) is 40.0 Å². The molecule has 1 aliphatic heterocycles. The molecule has 0 bridgehead atoms. The number of aryl methyl sites for hydroxylation is 2. The van der Waals surface area contributed by atoms with Crippen molar-refractivity contribution in [3.05, 3.63) is 83.4 Å². The summed E-state index contributed by atoms with van der Waals surface area (Å²) in [4.78, 5) is 24.3. The van der Waals surface area contributed by atoms with E-state index in [1.54, 1.807) is 15.6 Å². The molecule has 7 rings (SSSR count). The summed E-state index contributed by atoms with van der Waals surface area (Å²) >= 11 is 1.11. The Morgan fingerprint density at radius 1 is 1.12 bits per heavy atom. The third-order valence-corrected chi connectivity index (χ3v) is 10.00. The number of amides is 1. The van der Waals surface area contributed by atoms with Gasteiger partial charge in [-0.05, 0) is 52.0 Å². The van der Waals surface area contributed by atoms with Crippen LogP contribution in [0.5, 0.6) is 5.75 Å². The van der Waals surface area contributed by atoms with E-state index in [4.69, 9.17) is 14.8 Å². The molecule has 1 amide bonds. The molecule has 5 heterocycles. The monoisotopic (exact) mass is 686 g/mol. The quantitative estimate of drug-likeness (QED) is 0.177. The maximum atomic E-state index is 16.2. The van der Waals surface area contributed by atoms with Crippen LogP contribution in [0.25, 0.3) is 54.9 Å². The second-order valence-corrected chi connectivity index (χ2v) is 13.3. The third kappa shape index (κ3) is 5.37. The lowest BCUT2D eigenvalue weighted by atomic mass is 9.94. The Balaban J connectivity index is 1.55. The summed E-state index contributed by atoms with van der Waals surface area (Å²) in [5, 5.41) is 16.2. The highest BCUT2D eigenvalue weighted by atomic mass is 32.1. The Labute approximate surface area is 283 Å². The minimum absolute atomic E-state index is 0.0283. The van der Waals surface area contributed by atoms with Crippen LogP contribution >= 0.6 is 11.3 Å². The molecule has 0 spiro atoms. The van der Waals surface area contributed by atoms with Crippen molar-refractivity contribution in [2.24, 2.45) is 7.05 Å². The van der Waals surface area contributed by atoms with Crippen molar-refractivity contribution < 1.29 is 27.8 Å². The first-order valence-corrected chi connectivity index (χ1v) is 16.6. The molecule has 0 aliphatic carbocycles. The lowest BCUT2D eigenvalue weighted by Crippen LogP contribution is -2.46. The normalized spacial score (nSPS) is 16.7. The first-order chi connectivity index (χ1) is 23.4. The number of fused-ring (bicyclic) bond motifs is 3. The number of aromatic nitrogens is 5. The highest BCUT2D eigenvalue weighted by molar-refractivity contribution is 7.17. The summed E-state index contributed by atoms with van der Waals surface area (Å²) in [6.45, 7) is 10.9. The van der Waals surface area contributed by atoms with Gasteiger partial charge in [-0.3, -0.25) is 9.48 Å². The molecule has 3 atom stereocenters. The SMILES string of the molecule is C=CC(=O)N1[C@H](C)Cn2nc(-c3nc(-c4ccc5c(c4)nc(C)n5C)c4scc(F)c4c3-c3c(F)cc(F)cc3OC[C@@H](C)O)cc2[C@@H]1C. The van der Waals surface area contributed by atoms with E-state index in [-0.39, 0.29) is 46.5 Å². The summed E-state index contributed by atoms with van der Waals surface area (Å²) in [5.41, 5.74) is 3.65. The van der Waals surface area contributed by atoms with Crippen LogP contribution in [-0.2, 0) is 18.4 Å². The molecule has 2 aromatic carbocycles. The number of ether oxygens (including phenoxy) is 1. The number of hydrogen-bond donors (Lipinski definition) is 1. The van der Waals surface area contributed by atoms with E-state index in [9.17, 15) is 14.3 Å². The maximum Gasteiger partial charge on any atom is 0.246 e. The number of imidazole rings is 1. The molecule has 9 nitrogen and oxygen atoms in total. The van der Waals surface area contributed by atoms with E-state index in [1.807, 2.05) is 50.6 Å². The average Bonchev–Trinajstić information content (AvgIpc) is 3.74. The van der Waals surface area contributed by atoms with Gasteiger partial charge >= 0.3 is 0 Å². The van der Waals surface area contributed by atoms with Gasteiger partial charge in [-0.2, -0.15) is 5.10 Å². The van der Waals surface area contributed by atoms with Crippen LogP contribution in [0, 0.1) is 24.4 Å². The molecule has 0 unspecified atom stereocenters. The molecular weight excluding hydrogens is 653 g/mol. The van der Waals surface area contributed by atoms with Crippen molar-refractivity contribution in [3.8, 4) is 39.5 Å². The molecule has 13 heteroatoms. The van der Waals surface area contributed by atoms with Crippen LogP contribution < -0.4 is 4.74 Å². The maximum absolute atomic E-state index is 16.2.